The predicted octanol–water partition coefficient (Wildman–Crippen LogP) is 1.44. The molecule has 0 aromatic carbocycles. The van der Waals surface area contributed by atoms with Crippen LogP contribution in [0.15, 0.2) is 0 Å². The van der Waals surface area contributed by atoms with Gasteiger partial charge in [0.05, 0.1) is 6.04 Å². The van der Waals surface area contributed by atoms with Gasteiger partial charge in [-0.15, -0.1) is 0 Å². The van der Waals surface area contributed by atoms with Gasteiger partial charge in [0.15, 0.2) is 12.4 Å². The van der Waals surface area contributed by atoms with Crippen LogP contribution in [0.2, 0.25) is 0 Å². The summed E-state index contributed by atoms with van der Waals surface area (Å²) in [5, 5.41) is 16.8. The molecular formula is C7H11N3. The van der Waals surface area contributed by atoms with Crippen LogP contribution < -0.4 is 0 Å². The lowest BCUT2D eigenvalue weighted by atomic mass is 10.2. The fourth-order valence-corrected chi connectivity index (χ4v) is 0.766. The van der Waals surface area contributed by atoms with E-state index in [0.29, 0.717) is 0 Å². The van der Waals surface area contributed by atoms with E-state index in [-0.39, 0.29) is 6.04 Å². The van der Waals surface area contributed by atoms with Crippen molar-refractivity contribution >= 4 is 0 Å². The van der Waals surface area contributed by atoms with Gasteiger partial charge >= 0.3 is 0 Å². The van der Waals surface area contributed by atoms with Gasteiger partial charge in [-0.3, -0.25) is 0 Å². The maximum atomic E-state index is 8.38. The summed E-state index contributed by atoms with van der Waals surface area (Å²) in [6.45, 7) is 3.90. The zero-order valence-corrected chi connectivity index (χ0v) is 6.33. The molecule has 0 aromatic rings. The molecule has 54 valence electrons. The van der Waals surface area contributed by atoms with Gasteiger partial charge in [-0.25, -0.2) is 4.90 Å². The SMILES string of the molecule is CCCC(C)N(C#N)C#N. The second-order valence-corrected chi connectivity index (χ2v) is 2.21. The van der Waals surface area contributed by atoms with Crippen LogP contribution in [0.25, 0.3) is 0 Å². The Hall–Kier alpha value is -1.22. The summed E-state index contributed by atoms with van der Waals surface area (Å²) in [5.74, 6) is 0. The summed E-state index contributed by atoms with van der Waals surface area (Å²) in [6, 6.07) is 0.0556. The Labute approximate surface area is 61.5 Å². The molecule has 0 saturated carbocycles. The lowest BCUT2D eigenvalue weighted by Crippen LogP contribution is -2.22. The van der Waals surface area contributed by atoms with E-state index < -0.39 is 0 Å². The first-order chi connectivity index (χ1) is 4.76. The Morgan fingerprint density at radius 3 is 2.20 bits per heavy atom. The van der Waals surface area contributed by atoms with Crippen LogP contribution >= 0.6 is 0 Å². The summed E-state index contributed by atoms with van der Waals surface area (Å²) in [5.41, 5.74) is 0. The highest BCUT2D eigenvalue weighted by atomic mass is 15.1. The molecule has 0 heterocycles. The molecule has 0 spiro atoms. The second-order valence-electron chi connectivity index (χ2n) is 2.21. The first-order valence-electron chi connectivity index (χ1n) is 3.35. The van der Waals surface area contributed by atoms with Crippen molar-refractivity contribution < 1.29 is 0 Å². The van der Waals surface area contributed by atoms with Crippen molar-refractivity contribution in [3.05, 3.63) is 0 Å². The van der Waals surface area contributed by atoms with Gasteiger partial charge in [-0.2, -0.15) is 10.5 Å². The molecule has 0 aliphatic rings. The molecule has 10 heavy (non-hydrogen) atoms. The van der Waals surface area contributed by atoms with Crippen LogP contribution in [0.5, 0.6) is 0 Å². The highest BCUT2D eigenvalue weighted by molar-refractivity contribution is 4.90. The van der Waals surface area contributed by atoms with E-state index in [0.717, 1.165) is 17.7 Å². The van der Waals surface area contributed by atoms with Gasteiger partial charge in [0.25, 0.3) is 0 Å². The van der Waals surface area contributed by atoms with Crippen LogP contribution in [-0.2, 0) is 0 Å². The Balaban J connectivity index is 3.83. The molecule has 3 nitrogen and oxygen atoms in total. The number of nitriles is 2. The number of rotatable bonds is 3. The lowest BCUT2D eigenvalue weighted by molar-refractivity contribution is 0.392. The molecule has 0 radical (unpaired) electrons. The van der Waals surface area contributed by atoms with E-state index in [1.54, 1.807) is 0 Å². The highest BCUT2D eigenvalue weighted by Crippen LogP contribution is 2.02. The molecule has 1 unspecified atom stereocenters. The summed E-state index contributed by atoms with van der Waals surface area (Å²) >= 11 is 0. The Bertz CT molecular complexity index is 149. The molecule has 0 aromatic heterocycles. The number of nitrogens with zero attached hydrogens (tertiary/aromatic N) is 3. The molecule has 0 aliphatic carbocycles. The van der Waals surface area contributed by atoms with Crippen molar-refractivity contribution in [3.8, 4) is 12.4 Å². The van der Waals surface area contributed by atoms with E-state index in [4.69, 9.17) is 10.5 Å². The van der Waals surface area contributed by atoms with E-state index >= 15 is 0 Å². The number of hydrogen-bond acceptors (Lipinski definition) is 3. The quantitative estimate of drug-likeness (QED) is 0.437. The van der Waals surface area contributed by atoms with Crippen molar-refractivity contribution in [2.45, 2.75) is 32.7 Å². The second kappa shape index (κ2) is 4.64. The molecule has 0 bridgehead atoms. The predicted molar refractivity (Wildman–Crippen MR) is 37.4 cm³/mol. The Morgan fingerprint density at radius 2 is 1.90 bits per heavy atom. The highest BCUT2D eigenvalue weighted by Gasteiger charge is 2.08. The van der Waals surface area contributed by atoms with E-state index in [1.165, 1.54) is 0 Å². The van der Waals surface area contributed by atoms with Crippen molar-refractivity contribution in [1.82, 2.24) is 4.90 Å². The molecule has 0 N–H and O–H groups in total. The summed E-state index contributed by atoms with van der Waals surface area (Å²) < 4.78 is 0. The molecule has 3 heteroatoms. The molecule has 0 aliphatic heterocycles. The van der Waals surface area contributed by atoms with E-state index in [1.807, 2.05) is 26.2 Å². The maximum Gasteiger partial charge on any atom is 0.193 e. The van der Waals surface area contributed by atoms with E-state index in [9.17, 15) is 0 Å². The van der Waals surface area contributed by atoms with Gasteiger partial charge < -0.3 is 0 Å². The molecule has 0 saturated heterocycles. The topological polar surface area (TPSA) is 50.8 Å². The van der Waals surface area contributed by atoms with Gasteiger partial charge in [0, 0.05) is 0 Å². The van der Waals surface area contributed by atoms with Gasteiger partial charge in [0.2, 0.25) is 0 Å². The van der Waals surface area contributed by atoms with Crippen molar-refractivity contribution in [2.24, 2.45) is 0 Å². The van der Waals surface area contributed by atoms with Gasteiger partial charge in [0.1, 0.15) is 0 Å². The first kappa shape index (κ1) is 8.78. The summed E-state index contributed by atoms with van der Waals surface area (Å²) in [7, 11) is 0. The summed E-state index contributed by atoms with van der Waals surface area (Å²) in [6.07, 6.45) is 5.51. The molecule has 0 amide bonds. The molecule has 1 atom stereocenters. The standard InChI is InChI=1S/C7H11N3/c1-3-4-7(2)10(5-8)6-9/h7H,3-4H2,1-2H3. The zero-order valence-electron chi connectivity index (χ0n) is 6.33. The summed E-state index contributed by atoms with van der Waals surface area (Å²) in [4.78, 5) is 1.11. The van der Waals surface area contributed by atoms with Gasteiger partial charge in [-0.1, -0.05) is 13.3 Å². The lowest BCUT2D eigenvalue weighted by Gasteiger charge is -2.13. The third-order valence-corrected chi connectivity index (χ3v) is 1.36. The largest absolute Gasteiger partial charge is 0.213 e. The van der Waals surface area contributed by atoms with Crippen LogP contribution in [0.3, 0.4) is 0 Å². The van der Waals surface area contributed by atoms with Crippen LogP contribution in [0.4, 0.5) is 0 Å². The fraction of sp³-hybridized carbons (Fsp3) is 0.714. The number of hydrogen-bond donors (Lipinski definition) is 0. The van der Waals surface area contributed by atoms with Crippen LogP contribution in [0, 0.1) is 22.9 Å². The fourth-order valence-electron chi connectivity index (χ4n) is 0.766. The van der Waals surface area contributed by atoms with E-state index in [2.05, 4.69) is 0 Å². The normalized spacial score (nSPS) is 11.2. The van der Waals surface area contributed by atoms with Crippen LogP contribution in [-0.4, -0.2) is 10.9 Å². The Morgan fingerprint density at radius 1 is 1.40 bits per heavy atom. The van der Waals surface area contributed by atoms with Crippen molar-refractivity contribution in [3.63, 3.8) is 0 Å². The minimum absolute atomic E-state index is 0.0556. The molecule has 0 rings (SSSR count). The average Bonchev–Trinajstić information content (AvgIpc) is 1.91. The average molecular weight is 137 g/mol. The van der Waals surface area contributed by atoms with Crippen molar-refractivity contribution in [2.75, 3.05) is 0 Å². The zero-order chi connectivity index (χ0) is 7.98. The molecule has 0 fully saturated rings. The Kier molecular flexibility index (Phi) is 4.07. The first-order valence-corrected chi connectivity index (χ1v) is 3.35. The third-order valence-electron chi connectivity index (χ3n) is 1.36. The minimum Gasteiger partial charge on any atom is -0.213 e. The molecular weight excluding hydrogens is 126 g/mol. The third kappa shape index (κ3) is 2.37. The maximum absolute atomic E-state index is 8.38. The van der Waals surface area contributed by atoms with Crippen LogP contribution in [0.1, 0.15) is 26.7 Å². The van der Waals surface area contributed by atoms with Gasteiger partial charge in [-0.05, 0) is 13.3 Å². The van der Waals surface area contributed by atoms with Crippen molar-refractivity contribution in [1.29, 1.82) is 10.5 Å². The smallest absolute Gasteiger partial charge is 0.193 e. The monoisotopic (exact) mass is 137 g/mol. The minimum atomic E-state index is 0.0556.